The molecule has 4 bridgehead atoms. The Balaban J connectivity index is 0.892. The third kappa shape index (κ3) is 9.90. The summed E-state index contributed by atoms with van der Waals surface area (Å²) in [6, 6.07) is 14.9. The van der Waals surface area contributed by atoms with Crippen LogP contribution in [0.3, 0.4) is 0 Å². The van der Waals surface area contributed by atoms with Crippen molar-refractivity contribution in [2.24, 2.45) is 0 Å². The first kappa shape index (κ1) is 46.3. The van der Waals surface area contributed by atoms with E-state index in [0.29, 0.717) is 47.3 Å². The largest absolute Gasteiger partial charge is 0.476 e. The van der Waals surface area contributed by atoms with Crippen molar-refractivity contribution in [3.63, 3.8) is 0 Å². The Bertz CT molecular complexity index is 2470. The van der Waals surface area contributed by atoms with Crippen LogP contribution in [0.1, 0.15) is 219 Å². The van der Waals surface area contributed by atoms with Gasteiger partial charge in [-0.25, -0.2) is 19.6 Å². The van der Waals surface area contributed by atoms with Crippen LogP contribution in [0.25, 0.3) is 22.1 Å². The Hall–Kier alpha value is -4.42. The first-order valence-electron chi connectivity index (χ1n) is 26.9. The van der Waals surface area contributed by atoms with Crippen molar-refractivity contribution in [3.05, 3.63) is 74.6 Å². The summed E-state index contributed by atoms with van der Waals surface area (Å²) in [5.74, 6) is -2.15. The molecule has 360 valence electrons. The Labute approximate surface area is 395 Å². The third-order valence-electron chi connectivity index (χ3n) is 17.3. The van der Waals surface area contributed by atoms with Gasteiger partial charge in [-0.15, -0.1) is 0 Å². The average Bonchev–Trinajstić information content (AvgIpc) is 3.70. The molecule has 2 aliphatic carbocycles. The number of carboxylic acid groups (broad SMARTS) is 1. The standard InChI is InChI=1S/C55H74N6O6/c62-52-50(54(64)65)57-47-36-45(30-31-49(47)61(52)44-34-41-28-29-42(35-44)59(41)38-20-14-10-6-2-1-3-7-11-15-21-38)67-55(66)51-53(63)60(48-25-19-18-24-46(48)56-51)43-32-39-26-27-40(33-43)58(39)37-22-16-12-8-4-5-9-13-17-23-37/h18-19,24-25,30-31,36-44H,1-17,20-23,26-29,32-35H2,(H,64,65)/t39-,40+,41-,42+,43+,44+. The number of aromatic nitrogens is 4. The molecule has 4 aromatic rings. The van der Waals surface area contributed by atoms with Crippen LogP contribution in [0.5, 0.6) is 5.75 Å². The molecule has 0 amide bonds. The van der Waals surface area contributed by atoms with E-state index in [2.05, 4.69) is 19.8 Å². The second kappa shape index (κ2) is 21.1. The van der Waals surface area contributed by atoms with Gasteiger partial charge < -0.3 is 19.0 Å². The smallest absolute Gasteiger partial charge is 0.368 e. The van der Waals surface area contributed by atoms with Gasteiger partial charge in [-0.2, -0.15) is 0 Å². The highest BCUT2D eigenvalue weighted by Crippen LogP contribution is 2.46. The summed E-state index contributed by atoms with van der Waals surface area (Å²) < 4.78 is 9.47. The zero-order valence-corrected chi connectivity index (χ0v) is 39.8. The number of carbonyl (C=O) groups excluding carboxylic acids is 1. The number of hydrogen-bond acceptors (Lipinski definition) is 9. The van der Waals surface area contributed by atoms with Crippen LogP contribution in [0.4, 0.5) is 0 Å². The summed E-state index contributed by atoms with van der Waals surface area (Å²) in [5, 5.41) is 10.3. The fourth-order valence-corrected chi connectivity index (χ4v) is 14.2. The van der Waals surface area contributed by atoms with Crippen LogP contribution >= 0.6 is 0 Å². The van der Waals surface area contributed by atoms with Gasteiger partial charge in [-0.3, -0.25) is 19.4 Å². The summed E-state index contributed by atoms with van der Waals surface area (Å²) >= 11 is 0. The zero-order valence-electron chi connectivity index (χ0n) is 39.8. The summed E-state index contributed by atoms with van der Waals surface area (Å²) in [5.41, 5.74) is 0.209. The lowest BCUT2D eigenvalue weighted by molar-refractivity contribution is 0.0510. The van der Waals surface area contributed by atoms with Crippen LogP contribution in [0.15, 0.2) is 52.1 Å². The number of piperidine rings is 2. The second-order valence-electron chi connectivity index (χ2n) is 21.5. The van der Waals surface area contributed by atoms with Crippen molar-refractivity contribution in [3.8, 4) is 5.75 Å². The highest BCUT2D eigenvalue weighted by atomic mass is 16.5. The number of fused-ring (bicyclic) bond motifs is 6. The molecule has 67 heavy (non-hydrogen) atoms. The van der Waals surface area contributed by atoms with E-state index in [-0.39, 0.29) is 29.0 Å². The third-order valence-corrected chi connectivity index (χ3v) is 17.3. The van der Waals surface area contributed by atoms with E-state index in [1.54, 1.807) is 16.7 Å². The lowest BCUT2D eigenvalue weighted by Gasteiger charge is -2.44. The Morgan fingerprint density at radius 3 is 1.33 bits per heavy atom. The molecule has 1 N–H and O–H groups in total. The molecule has 6 aliphatic rings. The molecule has 12 heteroatoms. The Morgan fingerprint density at radius 1 is 0.463 bits per heavy atom. The first-order valence-corrected chi connectivity index (χ1v) is 26.9. The number of para-hydroxylation sites is 2. The molecule has 6 heterocycles. The highest BCUT2D eigenvalue weighted by Gasteiger charge is 2.46. The number of carboxylic acids is 1. The van der Waals surface area contributed by atoms with Crippen molar-refractivity contribution in [1.82, 2.24) is 28.9 Å². The lowest BCUT2D eigenvalue weighted by Crippen LogP contribution is -2.50. The van der Waals surface area contributed by atoms with Gasteiger partial charge in [0.25, 0.3) is 11.1 Å². The summed E-state index contributed by atoms with van der Waals surface area (Å²) in [6.45, 7) is 0. The van der Waals surface area contributed by atoms with Crippen molar-refractivity contribution >= 4 is 34.0 Å². The van der Waals surface area contributed by atoms with E-state index in [9.17, 15) is 24.3 Å². The van der Waals surface area contributed by atoms with Gasteiger partial charge in [0.15, 0.2) is 0 Å². The quantitative estimate of drug-likeness (QED) is 0.141. The summed E-state index contributed by atoms with van der Waals surface area (Å²) in [6.07, 6.45) is 35.2. The molecule has 6 fully saturated rings. The summed E-state index contributed by atoms with van der Waals surface area (Å²) in [7, 11) is 0. The minimum absolute atomic E-state index is 0.0679. The van der Waals surface area contributed by atoms with Gasteiger partial charge in [-0.1, -0.05) is 121 Å². The van der Waals surface area contributed by atoms with Crippen molar-refractivity contribution in [2.45, 2.75) is 235 Å². The van der Waals surface area contributed by atoms with Crippen LogP contribution in [0.2, 0.25) is 0 Å². The topological polar surface area (TPSA) is 140 Å². The fraction of sp³-hybridized carbons (Fsp3) is 0.673. The summed E-state index contributed by atoms with van der Waals surface area (Å²) in [4.78, 5) is 70.2. The van der Waals surface area contributed by atoms with Gasteiger partial charge in [0.05, 0.1) is 22.1 Å². The van der Waals surface area contributed by atoms with Crippen molar-refractivity contribution in [1.29, 1.82) is 0 Å². The maximum absolute atomic E-state index is 14.6. The number of rotatable bonds is 7. The molecule has 4 aliphatic heterocycles. The SMILES string of the molecule is O=C(O)c1nc2cc(OC(=O)c3nc4ccccc4n([C@H]4C[C@H]5CC[C@@H](C4)N5C4CCCCCCCCCC4)c3=O)ccc2n([C@H]2C[C@H]3CC[C@@H](C2)N3C2CCCCCCCCCCC2)c1=O. The molecule has 0 radical (unpaired) electrons. The van der Waals surface area contributed by atoms with E-state index in [0.717, 1.165) is 56.9 Å². The predicted octanol–water partition coefficient (Wildman–Crippen LogP) is 11.3. The molecular formula is C55H74N6O6. The number of aromatic carboxylic acids is 1. The number of benzene rings is 2. The molecule has 0 spiro atoms. The van der Waals surface area contributed by atoms with E-state index in [4.69, 9.17) is 4.74 Å². The van der Waals surface area contributed by atoms with Gasteiger partial charge in [0.1, 0.15) is 5.75 Å². The minimum atomic E-state index is -1.39. The first-order chi connectivity index (χ1) is 32.8. The van der Waals surface area contributed by atoms with Crippen molar-refractivity contribution in [2.75, 3.05) is 0 Å². The molecule has 10 rings (SSSR count). The number of nitrogens with zero attached hydrogens (tertiary/aromatic N) is 6. The fourth-order valence-electron chi connectivity index (χ4n) is 14.2. The molecule has 0 unspecified atom stereocenters. The van der Waals surface area contributed by atoms with Crippen LogP contribution in [-0.2, 0) is 0 Å². The Morgan fingerprint density at radius 2 is 0.866 bits per heavy atom. The normalized spacial score (nSPS) is 28.1. The van der Waals surface area contributed by atoms with Crippen LogP contribution in [0, 0.1) is 0 Å². The number of carbonyl (C=O) groups is 2. The molecule has 2 aromatic heterocycles. The molecule has 2 saturated carbocycles. The van der Waals surface area contributed by atoms with Crippen LogP contribution in [-0.4, -0.2) is 82.2 Å². The van der Waals surface area contributed by atoms with Gasteiger partial charge in [0.2, 0.25) is 11.4 Å². The molecule has 2 aromatic carbocycles. The monoisotopic (exact) mass is 915 g/mol. The van der Waals surface area contributed by atoms with Gasteiger partial charge >= 0.3 is 11.9 Å². The number of esters is 1. The highest BCUT2D eigenvalue weighted by molar-refractivity contribution is 5.92. The van der Waals surface area contributed by atoms with E-state index in [1.807, 2.05) is 28.8 Å². The number of ether oxygens (including phenoxy) is 1. The second-order valence-corrected chi connectivity index (χ2v) is 21.5. The zero-order chi connectivity index (χ0) is 45.9. The van der Waals surface area contributed by atoms with Gasteiger partial charge in [-0.05, 0) is 101 Å². The average molecular weight is 915 g/mol. The van der Waals surface area contributed by atoms with Gasteiger partial charge in [0, 0.05) is 54.4 Å². The maximum atomic E-state index is 14.6. The van der Waals surface area contributed by atoms with E-state index < -0.39 is 28.8 Å². The maximum Gasteiger partial charge on any atom is 0.368 e. The molecule has 12 nitrogen and oxygen atoms in total. The minimum Gasteiger partial charge on any atom is -0.476 e. The van der Waals surface area contributed by atoms with Crippen molar-refractivity contribution < 1.29 is 19.4 Å². The van der Waals surface area contributed by atoms with E-state index >= 15 is 0 Å². The molecule has 4 saturated heterocycles. The molecule has 6 atom stereocenters. The Kier molecular flexibility index (Phi) is 14.6. The van der Waals surface area contributed by atoms with E-state index in [1.165, 1.54) is 141 Å². The molecular weight excluding hydrogens is 841 g/mol. The lowest BCUT2D eigenvalue weighted by atomic mass is 9.90. The predicted molar refractivity (Wildman–Crippen MR) is 262 cm³/mol. The van der Waals surface area contributed by atoms with Crippen LogP contribution < -0.4 is 15.9 Å². The number of hydrogen-bond donors (Lipinski definition) is 1.